The summed E-state index contributed by atoms with van der Waals surface area (Å²) in [5, 5.41) is 0.475. The molecule has 0 spiro atoms. The average Bonchev–Trinajstić information content (AvgIpc) is 2.56. The molecule has 22 heavy (non-hydrogen) atoms. The predicted molar refractivity (Wildman–Crippen MR) is 88.0 cm³/mol. The Balaban J connectivity index is 1.96. The highest BCUT2D eigenvalue weighted by molar-refractivity contribution is 6.33. The molecule has 1 fully saturated rings. The Kier molecular flexibility index (Phi) is 5.83. The molecule has 1 aromatic rings. The Bertz CT molecular complexity index is 535. The van der Waals surface area contributed by atoms with Crippen LogP contribution in [0, 0.1) is 5.92 Å². The minimum atomic E-state index is -0.0553. The summed E-state index contributed by atoms with van der Waals surface area (Å²) in [6.07, 6.45) is 1.74. The minimum Gasteiger partial charge on any atom is -0.339 e. The van der Waals surface area contributed by atoms with E-state index in [1.807, 2.05) is 30.9 Å². The zero-order chi connectivity index (χ0) is 16.1. The smallest absolute Gasteiger partial charge is 0.255 e. The third kappa shape index (κ3) is 3.61. The van der Waals surface area contributed by atoms with Crippen LogP contribution in [0.1, 0.15) is 37.0 Å². The van der Waals surface area contributed by atoms with E-state index in [0.717, 1.165) is 12.8 Å². The third-order valence-corrected chi connectivity index (χ3v) is 4.65. The number of halogens is 1. The largest absolute Gasteiger partial charge is 0.339 e. The molecule has 0 N–H and O–H groups in total. The van der Waals surface area contributed by atoms with Crippen LogP contribution in [-0.2, 0) is 4.79 Å². The maximum Gasteiger partial charge on any atom is 0.255 e. The molecule has 0 aromatic heterocycles. The summed E-state index contributed by atoms with van der Waals surface area (Å²) in [4.78, 5) is 28.5. The fourth-order valence-electron chi connectivity index (χ4n) is 2.83. The molecular formula is C17H23ClN2O2. The number of hydrogen-bond acceptors (Lipinski definition) is 2. The second-order valence-electron chi connectivity index (χ2n) is 5.61. The summed E-state index contributed by atoms with van der Waals surface area (Å²) < 4.78 is 0. The van der Waals surface area contributed by atoms with Gasteiger partial charge in [-0.15, -0.1) is 0 Å². The fraction of sp³-hybridized carbons (Fsp3) is 0.529. The second-order valence-corrected chi connectivity index (χ2v) is 6.02. The van der Waals surface area contributed by atoms with Gasteiger partial charge in [0, 0.05) is 32.1 Å². The lowest BCUT2D eigenvalue weighted by molar-refractivity contribution is -0.137. The van der Waals surface area contributed by atoms with E-state index in [-0.39, 0.29) is 17.7 Å². The van der Waals surface area contributed by atoms with Gasteiger partial charge in [-0.1, -0.05) is 37.6 Å². The molecule has 5 heteroatoms. The monoisotopic (exact) mass is 322 g/mol. The lowest BCUT2D eigenvalue weighted by Gasteiger charge is -2.36. The van der Waals surface area contributed by atoms with Crippen molar-refractivity contribution in [3.63, 3.8) is 0 Å². The predicted octanol–water partition coefficient (Wildman–Crippen LogP) is 3.06. The first-order chi connectivity index (χ1) is 10.6. The van der Waals surface area contributed by atoms with Crippen molar-refractivity contribution in [1.82, 2.24) is 9.80 Å². The van der Waals surface area contributed by atoms with Gasteiger partial charge in [-0.05, 0) is 25.0 Å². The van der Waals surface area contributed by atoms with Crippen molar-refractivity contribution in [2.24, 2.45) is 5.92 Å². The summed E-state index contributed by atoms with van der Waals surface area (Å²) >= 11 is 6.08. The van der Waals surface area contributed by atoms with Gasteiger partial charge < -0.3 is 9.80 Å². The Morgan fingerprint density at radius 1 is 1.05 bits per heavy atom. The average molecular weight is 323 g/mol. The quantitative estimate of drug-likeness (QED) is 0.854. The van der Waals surface area contributed by atoms with E-state index in [2.05, 4.69) is 0 Å². The number of carbonyl (C=O) groups is 2. The van der Waals surface area contributed by atoms with Crippen LogP contribution in [0.15, 0.2) is 24.3 Å². The van der Waals surface area contributed by atoms with E-state index in [1.54, 1.807) is 17.0 Å². The van der Waals surface area contributed by atoms with Gasteiger partial charge in [0.15, 0.2) is 0 Å². The first-order valence-electron chi connectivity index (χ1n) is 7.91. The molecule has 120 valence electrons. The van der Waals surface area contributed by atoms with Gasteiger partial charge in [0.2, 0.25) is 5.91 Å². The van der Waals surface area contributed by atoms with Crippen molar-refractivity contribution in [2.45, 2.75) is 26.7 Å². The van der Waals surface area contributed by atoms with Crippen molar-refractivity contribution in [1.29, 1.82) is 0 Å². The number of hydrogen-bond donors (Lipinski definition) is 0. The second kappa shape index (κ2) is 7.63. The van der Waals surface area contributed by atoms with Crippen LogP contribution >= 0.6 is 11.6 Å². The summed E-state index contributed by atoms with van der Waals surface area (Å²) in [5.74, 6) is 0.265. The Labute approximate surface area is 137 Å². The van der Waals surface area contributed by atoms with Gasteiger partial charge in [0.05, 0.1) is 10.6 Å². The first-order valence-corrected chi connectivity index (χ1v) is 8.28. The minimum absolute atomic E-state index is 0.0553. The lowest BCUT2D eigenvalue weighted by atomic mass is 10.0. The van der Waals surface area contributed by atoms with Gasteiger partial charge >= 0.3 is 0 Å². The molecule has 0 atom stereocenters. The van der Waals surface area contributed by atoms with Gasteiger partial charge in [-0.3, -0.25) is 9.59 Å². The summed E-state index contributed by atoms with van der Waals surface area (Å²) in [7, 11) is 0. The molecule has 1 aromatic carbocycles. The van der Waals surface area contributed by atoms with E-state index in [1.165, 1.54) is 0 Å². The van der Waals surface area contributed by atoms with Gasteiger partial charge in [0.1, 0.15) is 0 Å². The third-order valence-electron chi connectivity index (χ3n) is 4.32. The van der Waals surface area contributed by atoms with Crippen molar-refractivity contribution in [3.05, 3.63) is 34.9 Å². The van der Waals surface area contributed by atoms with Crippen LogP contribution in [0.2, 0.25) is 5.02 Å². The molecule has 1 aliphatic heterocycles. The Morgan fingerprint density at radius 2 is 1.59 bits per heavy atom. The summed E-state index contributed by atoms with van der Waals surface area (Å²) in [5.41, 5.74) is 0.531. The Morgan fingerprint density at radius 3 is 2.14 bits per heavy atom. The van der Waals surface area contributed by atoms with Crippen LogP contribution in [0.25, 0.3) is 0 Å². The van der Waals surface area contributed by atoms with E-state index in [4.69, 9.17) is 11.6 Å². The number of amides is 2. The highest BCUT2D eigenvalue weighted by Gasteiger charge is 2.28. The van der Waals surface area contributed by atoms with Crippen LogP contribution in [-0.4, -0.2) is 47.8 Å². The molecule has 0 radical (unpaired) electrons. The molecule has 0 unspecified atom stereocenters. The topological polar surface area (TPSA) is 40.6 Å². The molecule has 0 bridgehead atoms. The lowest BCUT2D eigenvalue weighted by Crippen LogP contribution is -2.51. The van der Waals surface area contributed by atoms with Crippen molar-refractivity contribution < 1.29 is 9.59 Å². The molecule has 4 nitrogen and oxygen atoms in total. The van der Waals surface area contributed by atoms with Gasteiger partial charge in [-0.25, -0.2) is 0 Å². The molecule has 0 saturated carbocycles. The summed E-state index contributed by atoms with van der Waals surface area (Å²) in [6, 6.07) is 7.09. The van der Waals surface area contributed by atoms with Crippen LogP contribution in [0.3, 0.4) is 0 Å². The molecular weight excluding hydrogens is 300 g/mol. The van der Waals surface area contributed by atoms with E-state index < -0.39 is 0 Å². The highest BCUT2D eigenvalue weighted by Crippen LogP contribution is 2.19. The molecule has 1 saturated heterocycles. The standard InChI is InChI=1S/C17H23ClN2O2/c1-3-13(4-2)16(21)19-9-11-20(12-10-19)17(22)14-7-5-6-8-15(14)18/h5-8,13H,3-4,9-12H2,1-2H3. The van der Waals surface area contributed by atoms with Crippen molar-refractivity contribution >= 4 is 23.4 Å². The number of rotatable bonds is 4. The Hall–Kier alpha value is -1.55. The maximum atomic E-state index is 12.5. The van der Waals surface area contributed by atoms with Crippen LogP contribution in [0.4, 0.5) is 0 Å². The van der Waals surface area contributed by atoms with Crippen molar-refractivity contribution in [2.75, 3.05) is 26.2 Å². The van der Waals surface area contributed by atoms with E-state index in [9.17, 15) is 9.59 Å². The molecule has 1 heterocycles. The van der Waals surface area contributed by atoms with Gasteiger partial charge in [-0.2, -0.15) is 0 Å². The zero-order valence-corrected chi connectivity index (χ0v) is 14.0. The SMILES string of the molecule is CCC(CC)C(=O)N1CCN(C(=O)c2ccccc2Cl)CC1. The van der Waals surface area contributed by atoms with E-state index >= 15 is 0 Å². The molecule has 2 amide bonds. The highest BCUT2D eigenvalue weighted by atomic mass is 35.5. The maximum absolute atomic E-state index is 12.5. The zero-order valence-electron chi connectivity index (χ0n) is 13.2. The molecule has 1 aliphatic rings. The number of piperazine rings is 1. The summed E-state index contributed by atoms with van der Waals surface area (Å²) in [6.45, 7) is 6.43. The van der Waals surface area contributed by atoms with E-state index in [0.29, 0.717) is 36.8 Å². The normalized spacial score (nSPS) is 15.3. The molecule has 0 aliphatic carbocycles. The van der Waals surface area contributed by atoms with Crippen LogP contribution < -0.4 is 0 Å². The van der Waals surface area contributed by atoms with Crippen LogP contribution in [0.5, 0.6) is 0 Å². The molecule has 2 rings (SSSR count). The fourth-order valence-corrected chi connectivity index (χ4v) is 3.05. The number of benzene rings is 1. The first kappa shape index (κ1) is 16.8. The van der Waals surface area contributed by atoms with Crippen molar-refractivity contribution in [3.8, 4) is 0 Å². The number of nitrogens with zero attached hydrogens (tertiary/aromatic N) is 2. The number of carbonyl (C=O) groups excluding carboxylic acids is 2. The van der Waals surface area contributed by atoms with Gasteiger partial charge in [0.25, 0.3) is 5.91 Å².